The summed E-state index contributed by atoms with van der Waals surface area (Å²) in [7, 11) is -1.48. The summed E-state index contributed by atoms with van der Waals surface area (Å²) in [5.41, 5.74) is 2.49. The molecule has 1 heterocycles. The molecular weight excluding hydrogens is 277 g/mol. The average molecular weight is 306 g/mol. The molecule has 1 N–H and O–H groups in total. The molecule has 0 aliphatic carbocycles. The molecule has 0 fully saturated rings. The first kappa shape index (κ1) is 16.3. The first-order valence-corrected chi connectivity index (χ1v) is 10.9. The number of aromatic amines is 1. The van der Waals surface area contributed by atoms with Gasteiger partial charge in [-0.1, -0.05) is 52.8 Å². The number of benzene rings is 1. The lowest BCUT2D eigenvalue weighted by molar-refractivity contribution is 0.628. The summed E-state index contributed by atoms with van der Waals surface area (Å²) in [6.45, 7) is 11.5. The van der Waals surface area contributed by atoms with E-state index in [2.05, 4.69) is 39.6 Å². The fourth-order valence-corrected chi connectivity index (χ4v) is 7.41. The zero-order valence-corrected chi connectivity index (χ0v) is 15.0. The Balaban J connectivity index is 2.72. The maximum absolute atomic E-state index is 13.7. The molecule has 0 aliphatic rings. The summed E-state index contributed by atoms with van der Waals surface area (Å²) in [4.78, 5) is 3.69. The van der Waals surface area contributed by atoms with Gasteiger partial charge in [-0.05, 0) is 36.1 Å². The number of hydrogen-bond acceptors (Lipinski definition) is 0. The van der Waals surface area contributed by atoms with Crippen LogP contribution in [0.15, 0.2) is 18.2 Å². The van der Waals surface area contributed by atoms with Gasteiger partial charge in [0, 0.05) is 16.2 Å². The molecule has 0 unspecified atom stereocenters. The van der Waals surface area contributed by atoms with Crippen LogP contribution in [0.2, 0.25) is 18.1 Å². The highest BCUT2D eigenvalue weighted by Gasteiger charge is 2.34. The molecule has 0 spiro atoms. The molecule has 2 rings (SSSR count). The first-order valence-electron chi connectivity index (χ1n) is 8.28. The Morgan fingerprint density at radius 1 is 1.10 bits per heavy atom. The van der Waals surface area contributed by atoms with Gasteiger partial charge in [0.2, 0.25) is 0 Å². The lowest BCUT2D eigenvalue weighted by atomic mass is 10.0. The molecule has 0 atom stereocenters. The van der Waals surface area contributed by atoms with Crippen molar-refractivity contribution in [1.29, 1.82) is 0 Å². The van der Waals surface area contributed by atoms with Gasteiger partial charge in [-0.3, -0.25) is 0 Å². The van der Waals surface area contributed by atoms with Gasteiger partial charge in [-0.15, -0.1) is 0 Å². The van der Waals surface area contributed by atoms with E-state index in [1.165, 1.54) is 29.0 Å². The number of halogens is 1. The summed E-state index contributed by atoms with van der Waals surface area (Å²) in [5, 5.41) is 2.58. The van der Waals surface area contributed by atoms with Crippen LogP contribution in [0.3, 0.4) is 0 Å². The number of H-pyrrole nitrogens is 1. The Labute approximate surface area is 129 Å². The predicted molar refractivity (Wildman–Crippen MR) is 93.6 cm³/mol. The topological polar surface area (TPSA) is 15.8 Å². The second kappa shape index (κ2) is 6.35. The normalized spacial score (nSPS) is 12.5. The molecule has 2 aromatic rings. The van der Waals surface area contributed by atoms with Crippen molar-refractivity contribution in [3.63, 3.8) is 0 Å². The number of nitrogens with one attached hydrogen (secondary N) is 1. The standard InChI is InChI=1S/C18H28FNSi/c1-6-21(7-2,8-3)18-16(11-13(4)5)15-12-14(19)9-10-17(15)20-18/h9-10,12-13,20H,6-8,11H2,1-5H3. The van der Waals surface area contributed by atoms with Crippen molar-refractivity contribution in [1.82, 2.24) is 4.98 Å². The highest BCUT2D eigenvalue weighted by Crippen LogP contribution is 2.28. The van der Waals surface area contributed by atoms with Crippen LogP contribution in [0.25, 0.3) is 10.9 Å². The van der Waals surface area contributed by atoms with Crippen molar-refractivity contribution in [2.45, 2.75) is 59.2 Å². The lowest BCUT2D eigenvalue weighted by Gasteiger charge is -2.29. The molecule has 1 nitrogen and oxygen atoms in total. The van der Waals surface area contributed by atoms with Gasteiger partial charge in [0.05, 0.1) is 0 Å². The number of aromatic nitrogens is 1. The Morgan fingerprint density at radius 3 is 2.24 bits per heavy atom. The van der Waals surface area contributed by atoms with Crippen molar-refractivity contribution in [2.24, 2.45) is 5.92 Å². The van der Waals surface area contributed by atoms with Crippen molar-refractivity contribution in [3.05, 3.63) is 29.6 Å². The van der Waals surface area contributed by atoms with E-state index in [-0.39, 0.29) is 5.82 Å². The largest absolute Gasteiger partial charge is 0.362 e. The molecule has 116 valence electrons. The molecule has 0 saturated heterocycles. The molecule has 0 amide bonds. The molecule has 21 heavy (non-hydrogen) atoms. The Hall–Kier alpha value is -1.09. The minimum absolute atomic E-state index is 0.130. The van der Waals surface area contributed by atoms with Crippen LogP contribution in [-0.4, -0.2) is 13.1 Å². The second-order valence-electron chi connectivity index (χ2n) is 6.61. The van der Waals surface area contributed by atoms with E-state index in [0.717, 1.165) is 17.3 Å². The van der Waals surface area contributed by atoms with Gasteiger partial charge in [0.1, 0.15) is 13.9 Å². The van der Waals surface area contributed by atoms with E-state index in [1.54, 1.807) is 12.1 Å². The Kier molecular flexibility index (Phi) is 4.92. The molecular formula is C18H28FNSi. The smallest absolute Gasteiger partial charge is 0.123 e. The third-order valence-corrected chi connectivity index (χ3v) is 10.6. The van der Waals surface area contributed by atoms with E-state index in [9.17, 15) is 4.39 Å². The third kappa shape index (κ3) is 2.94. The first-order chi connectivity index (χ1) is 9.97. The van der Waals surface area contributed by atoms with Crippen molar-refractivity contribution in [3.8, 4) is 0 Å². The van der Waals surface area contributed by atoms with E-state index >= 15 is 0 Å². The minimum atomic E-state index is -1.48. The summed E-state index contributed by atoms with van der Waals surface area (Å²) in [5.74, 6) is 0.457. The SMILES string of the molecule is CC[Si](CC)(CC)c1[nH]c2ccc(F)cc2c1CC(C)C. The zero-order chi connectivity index (χ0) is 15.6. The molecule has 0 bridgehead atoms. The van der Waals surface area contributed by atoms with Crippen LogP contribution in [0.1, 0.15) is 40.2 Å². The van der Waals surface area contributed by atoms with Gasteiger partial charge in [0.25, 0.3) is 0 Å². The van der Waals surface area contributed by atoms with Crippen LogP contribution in [0.4, 0.5) is 4.39 Å². The van der Waals surface area contributed by atoms with Crippen molar-refractivity contribution in [2.75, 3.05) is 0 Å². The maximum Gasteiger partial charge on any atom is 0.123 e. The Bertz CT molecular complexity index is 603. The molecule has 1 aromatic heterocycles. The van der Waals surface area contributed by atoms with Gasteiger partial charge >= 0.3 is 0 Å². The van der Waals surface area contributed by atoms with E-state index in [1.807, 2.05) is 6.07 Å². The summed E-state index contributed by atoms with van der Waals surface area (Å²) in [6, 6.07) is 8.93. The van der Waals surface area contributed by atoms with Crippen LogP contribution in [0, 0.1) is 11.7 Å². The fourth-order valence-electron chi connectivity index (χ4n) is 3.57. The highest BCUT2D eigenvalue weighted by molar-refractivity contribution is 6.91. The van der Waals surface area contributed by atoms with Crippen LogP contribution < -0.4 is 5.32 Å². The van der Waals surface area contributed by atoms with Crippen LogP contribution >= 0.6 is 0 Å². The third-order valence-electron chi connectivity index (χ3n) is 5.04. The molecule has 0 radical (unpaired) electrons. The summed E-state index contributed by atoms with van der Waals surface area (Å²) < 4.78 is 13.7. The summed E-state index contributed by atoms with van der Waals surface area (Å²) >= 11 is 0. The van der Waals surface area contributed by atoms with E-state index < -0.39 is 8.07 Å². The highest BCUT2D eigenvalue weighted by atomic mass is 28.3. The zero-order valence-electron chi connectivity index (χ0n) is 14.0. The van der Waals surface area contributed by atoms with E-state index in [0.29, 0.717) is 5.92 Å². The van der Waals surface area contributed by atoms with Crippen molar-refractivity contribution < 1.29 is 4.39 Å². The van der Waals surface area contributed by atoms with Gasteiger partial charge in [-0.25, -0.2) is 4.39 Å². The summed E-state index contributed by atoms with van der Waals surface area (Å²) in [6.07, 6.45) is 1.04. The fraction of sp³-hybridized carbons (Fsp3) is 0.556. The van der Waals surface area contributed by atoms with E-state index in [4.69, 9.17) is 0 Å². The number of rotatable bonds is 6. The van der Waals surface area contributed by atoms with Gasteiger partial charge < -0.3 is 4.98 Å². The molecule has 1 aromatic carbocycles. The second-order valence-corrected chi connectivity index (χ2v) is 11.8. The van der Waals surface area contributed by atoms with Gasteiger partial charge in [-0.2, -0.15) is 0 Å². The monoisotopic (exact) mass is 305 g/mol. The maximum atomic E-state index is 13.7. The predicted octanol–water partition coefficient (Wildman–Crippen LogP) is 5.22. The molecule has 0 saturated carbocycles. The lowest BCUT2D eigenvalue weighted by Crippen LogP contribution is -2.48. The van der Waals surface area contributed by atoms with Crippen LogP contribution in [0.5, 0.6) is 0 Å². The molecule has 0 aliphatic heterocycles. The van der Waals surface area contributed by atoms with Crippen molar-refractivity contribution >= 4 is 24.3 Å². The van der Waals surface area contributed by atoms with Gasteiger partial charge in [0.15, 0.2) is 0 Å². The number of hydrogen-bond donors (Lipinski definition) is 1. The van der Waals surface area contributed by atoms with Crippen LogP contribution in [-0.2, 0) is 6.42 Å². The Morgan fingerprint density at radius 2 is 1.71 bits per heavy atom. The average Bonchev–Trinajstić information content (AvgIpc) is 2.80. The quantitative estimate of drug-likeness (QED) is 0.704. The molecule has 3 heteroatoms. The minimum Gasteiger partial charge on any atom is -0.362 e. The number of fused-ring (bicyclic) bond motifs is 1.